The van der Waals surface area contributed by atoms with Crippen molar-refractivity contribution in [1.29, 1.82) is 0 Å². The Kier molecular flexibility index (Phi) is 4.75. The summed E-state index contributed by atoms with van der Waals surface area (Å²) in [6.07, 6.45) is 7.08. The summed E-state index contributed by atoms with van der Waals surface area (Å²) in [5.41, 5.74) is 0. The third-order valence-electron chi connectivity index (χ3n) is 4.36. The lowest BCUT2D eigenvalue weighted by atomic mass is 9.98. The Balaban J connectivity index is 1.85. The van der Waals surface area contributed by atoms with Crippen LogP contribution >= 0.6 is 0 Å². The summed E-state index contributed by atoms with van der Waals surface area (Å²) in [5, 5.41) is 2.75. The van der Waals surface area contributed by atoms with Crippen LogP contribution in [-0.4, -0.2) is 42.8 Å². The summed E-state index contributed by atoms with van der Waals surface area (Å²) in [5.74, 6) is 0.827. The molecule has 4 nitrogen and oxygen atoms in total. The van der Waals surface area contributed by atoms with E-state index in [0.717, 1.165) is 51.6 Å². The van der Waals surface area contributed by atoms with E-state index in [4.69, 9.17) is 0 Å². The van der Waals surface area contributed by atoms with E-state index in [-0.39, 0.29) is 17.9 Å². The molecule has 4 heteroatoms. The molecule has 102 valence electrons. The number of nitrogens with one attached hydrogen (secondary N) is 1. The predicted molar refractivity (Wildman–Crippen MR) is 70.2 cm³/mol. The van der Waals surface area contributed by atoms with Crippen molar-refractivity contribution in [3.8, 4) is 0 Å². The lowest BCUT2D eigenvalue weighted by Gasteiger charge is -2.34. The normalized spacial score (nSPS) is 29.5. The van der Waals surface area contributed by atoms with E-state index in [0.29, 0.717) is 5.78 Å². The number of carbonyl (C=O) groups is 2. The SMILES string of the molecule is CNC(=O)C1CCCCN1CCC1CCCC1=O. The number of amides is 1. The Morgan fingerprint density at radius 1 is 1.33 bits per heavy atom. The van der Waals surface area contributed by atoms with Gasteiger partial charge in [0, 0.05) is 19.4 Å². The van der Waals surface area contributed by atoms with E-state index in [9.17, 15) is 9.59 Å². The first kappa shape index (κ1) is 13.5. The highest BCUT2D eigenvalue weighted by Gasteiger charge is 2.30. The molecule has 0 aromatic heterocycles. The zero-order valence-corrected chi connectivity index (χ0v) is 11.3. The molecule has 1 aliphatic heterocycles. The molecular formula is C14H24N2O2. The lowest BCUT2D eigenvalue weighted by molar-refractivity contribution is -0.127. The molecule has 0 aromatic rings. The second kappa shape index (κ2) is 6.32. The predicted octanol–water partition coefficient (Wildman–Crippen LogP) is 1.35. The number of likely N-dealkylation sites (tertiary alicyclic amines) is 1. The van der Waals surface area contributed by atoms with Crippen molar-refractivity contribution in [1.82, 2.24) is 10.2 Å². The second-order valence-corrected chi connectivity index (χ2v) is 5.51. The van der Waals surface area contributed by atoms with Crippen molar-refractivity contribution in [2.24, 2.45) is 5.92 Å². The van der Waals surface area contributed by atoms with Crippen LogP contribution in [0.4, 0.5) is 0 Å². The van der Waals surface area contributed by atoms with Crippen LogP contribution in [0, 0.1) is 5.92 Å². The molecule has 1 saturated carbocycles. The van der Waals surface area contributed by atoms with Gasteiger partial charge in [-0.05, 0) is 45.2 Å². The van der Waals surface area contributed by atoms with Gasteiger partial charge in [-0.3, -0.25) is 14.5 Å². The average Bonchev–Trinajstić information content (AvgIpc) is 2.81. The molecule has 2 atom stereocenters. The number of ketones is 1. The van der Waals surface area contributed by atoms with Crippen LogP contribution in [0.3, 0.4) is 0 Å². The number of likely N-dealkylation sites (N-methyl/N-ethyl adjacent to an activating group) is 1. The molecule has 0 aromatic carbocycles. The van der Waals surface area contributed by atoms with Gasteiger partial charge >= 0.3 is 0 Å². The molecule has 0 bridgehead atoms. The molecule has 1 saturated heterocycles. The number of hydrogen-bond acceptors (Lipinski definition) is 3. The van der Waals surface area contributed by atoms with Gasteiger partial charge in [0.05, 0.1) is 6.04 Å². The van der Waals surface area contributed by atoms with Crippen LogP contribution in [0.15, 0.2) is 0 Å². The van der Waals surface area contributed by atoms with Crippen molar-refractivity contribution in [3.63, 3.8) is 0 Å². The molecule has 2 rings (SSSR count). The molecule has 2 fully saturated rings. The number of Topliss-reactive ketones (excluding diaryl/α,β-unsaturated/α-hetero) is 1. The number of piperidine rings is 1. The minimum Gasteiger partial charge on any atom is -0.358 e. The van der Waals surface area contributed by atoms with Gasteiger partial charge in [-0.15, -0.1) is 0 Å². The van der Waals surface area contributed by atoms with Crippen molar-refractivity contribution in [3.05, 3.63) is 0 Å². The molecule has 1 N–H and O–H groups in total. The highest BCUT2D eigenvalue weighted by molar-refractivity contribution is 5.83. The molecule has 2 unspecified atom stereocenters. The van der Waals surface area contributed by atoms with E-state index >= 15 is 0 Å². The second-order valence-electron chi connectivity index (χ2n) is 5.51. The number of hydrogen-bond donors (Lipinski definition) is 1. The van der Waals surface area contributed by atoms with Gasteiger partial charge in [-0.25, -0.2) is 0 Å². The maximum Gasteiger partial charge on any atom is 0.237 e. The van der Waals surface area contributed by atoms with E-state index in [1.807, 2.05) is 0 Å². The number of nitrogens with zero attached hydrogens (tertiary/aromatic N) is 1. The summed E-state index contributed by atoms with van der Waals surface area (Å²) in [7, 11) is 1.70. The topological polar surface area (TPSA) is 49.4 Å². The molecule has 1 amide bonds. The first-order chi connectivity index (χ1) is 8.72. The largest absolute Gasteiger partial charge is 0.358 e. The monoisotopic (exact) mass is 252 g/mol. The van der Waals surface area contributed by atoms with Crippen molar-refractivity contribution >= 4 is 11.7 Å². The van der Waals surface area contributed by atoms with Crippen molar-refractivity contribution in [2.75, 3.05) is 20.1 Å². The fourth-order valence-corrected chi connectivity index (χ4v) is 3.24. The Hall–Kier alpha value is -0.900. The molecular weight excluding hydrogens is 228 g/mol. The summed E-state index contributed by atoms with van der Waals surface area (Å²) < 4.78 is 0. The molecule has 2 aliphatic rings. The highest BCUT2D eigenvalue weighted by Crippen LogP contribution is 2.26. The minimum absolute atomic E-state index is 0.0280. The van der Waals surface area contributed by atoms with Crippen LogP contribution in [0.25, 0.3) is 0 Å². The van der Waals surface area contributed by atoms with Gasteiger partial charge in [0.15, 0.2) is 0 Å². The zero-order valence-electron chi connectivity index (χ0n) is 11.3. The first-order valence-corrected chi connectivity index (χ1v) is 7.20. The third-order valence-corrected chi connectivity index (χ3v) is 4.36. The molecule has 0 radical (unpaired) electrons. The van der Waals surface area contributed by atoms with Gasteiger partial charge in [-0.2, -0.15) is 0 Å². The van der Waals surface area contributed by atoms with Crippen molar-refractivity contribution < 1.29 is 9.59 Å². The lowest BCUT2D eigenvalue weighted by Crippen LogP contribution is -2.49. The van der Waals surface area contributed by atoms with Crippen LogP contribution < -0.4 is 5.32 Å². The standard InChI is InChI=1S/C14H24N2O2/c1-15-14(18)12-6-2-3-9-16(12)10-8-11-5-4-7-13(11)17/h11-12H,2-10H2,1H3,(H,15,18). The quantitative estimate of drug-likeness (QED) is 0.821. The maximum absolute atomic E-state index is 11.8. The molecule has 1 heterocycles. The van der Waals surface area contributed by atoms with E-state index < -0.39 is 0 Å². The zero-order chi connectivity index (χ0) is 13.0. The summed E-state index contributed by atoms with van der Waals surface area (Å²) in [6.45, 7) is 1.90. The Morgan fingerprint density at radius 2 is 2.17 bits per heavy atom. The Morgan fingerprint density at radius 3 is 2.83 bits per heavy atom. The fourth-order valence-electron chi connectivity index (χ4n) is 3.24. The summed E-state index contributed by atoms with van der Waals surface area (Å²) in [6, 6.07) is 0.0280. The van der Waals surface area contributed by atoms with Crippen molar-refractivity contribution in [2.45, 2.75) is 51.0 Å². The van der Waals surface area contributed by atoms with Gasteiger partial charge in [-0.1, -0.05) is 6.42 Å². The van der Waals surface area contributed by atoms with Gasteiger partial charge in [0.25, 0.3) is 0 Å². The summed E-state index contributed by atoms with van der Waals surface area (Å²) >= 11 is 0. The maximum atomic E-state index is 11.8. The van der Waals surface area contributed by atoms with E-state index in [1.165, 1.54) is 6.42 Å². The molecule has 1 aliphatic carbocycles. The van der Waals surface area contributed by atoms with Crippen LogP contribution in [-0.2, 0) is 9.59 Å². The van der Waals surface area contributed by atoms with Crippen LogP contribution in [0.2, 0.25) is 0 Å². The fraction of sp³-hybridized carbons (Fsp3) is 0.857. The number of carbonyl (C=O) groups excluding carboxylic acids is 2. The van der Waals surface area contributed by atoms with Gasteiger partial charge in [0.2, 0.25) is 5.91 Å². The minimum atomic E-state index is 0.0280. The smallest absolute Gasteiger partial charge is 0.237 e. The van der Waals surface area contributed by atoms with Gasteiger partial charge < -0.3 is 5.32 Å². The average molecular weight is 252 g/mol. The molecule has 0 spiro atoms. The van der Waals surface area contributed by atoms with E-state index in [2.05, 4.69) is 10.2 Å². The van der Waals surface area contributed by atoms with Crippen LogP contribution in [0.1, 0.15) is 44.9 Å². The van der Waals surface area contributed by atoms with E-state index in [1.54, 1.807) is 7.05 Å². The molecule has 18 heavy (non-hydrogen) atoms. The number of rotatable bonds is 4. The van der Waals surface area contributed by atoms with Crippen LogP contribution in [0.5, 0.6) is 0 Å². The highest BCUT2D eigenvalue weighted by atomic mass is 16.2. The Labute approximate surface area is 109 Å². The third kappa shape index (κ3) is 3.10. The first-order valence-electron chi connectivity index (χ1n) is 7.20. The summed E-state index contributed by atoms with van der Waals surface area (Å²) in [4.78, 5) is 25.7. The van der Waals surface area contributed by atoms with Gasteiger partial charge in [0.1, 0.15) is 5.78 Å². The Bertz CT molecular complexity index is 317.